The van der Waals surface area contributed by atoms with Crippen LogP contribution in [-0.2, 0) is 19.7 Å². The minimum Gasteiger partial charge on any atom is -0.377 e. The van der Waals surface area contributed by atoms with Crippen molar-refractivity contribution in [3.05, 3.63) is 34.9 Å². The zero-order valence-corrected chi connectivity index (χ0v) is 14.6. The summed E-state index contributed by atoms with van der Waals surface area (Å²) in [5.41, 5.74) is 0.552. The van der Waals surface area contributed by atoms with Crippen LogP contribution in [0.15, 0.2) is 24.3 Å². The fourth-order valence-corrected chi connectivity index (χ4v) is 3.73. The molecule has 0 bridgehead atoms. The van der Waals surface area contributed by atoms with Crippen LogP contribution in [0.3, 0.4) is 0 Å². The van der Waals surface area contributed by atoms with Gasteiger partial charge < -0.3 is 15.0 Å². The molecule has 2 amide bonds. The van der Waals surface area contributed by atoms with Crippen molar-refractivity contribution in [2.75, 3.05) is 26.8 Å². The van der Waals surface area contributed by atoms with Gasteiger partial charge in [-0.3, -0.25) is 9.59 Å². The van der Waals surface area contributed by atoms with Gasteiger partial charge in [-0.1, -0.05) is 30.2 Å². The van der Waals surface area contributed by atoms with Gasteiger partial charge in [0.05, 0.1) is 24.7 Å². The van der Waals surface area contributed by atoms with E-state index in [0.29, 0.717) is 24.8 Å². The monoisotopic (exact) mass is 350 g/mol. The number of hydrogen-bond acceptors (Lipinski definition) is 3. The Morgan fingerprint density at radius 2 is 2.04 bits per heavy atom. The van der Waals surface area contributed by atoms with Crippen LogP contribution >= 0.6 is 11.6 Å². The smallest absolute Gasteiger partial charge is 0.233 e. The zero-order valence-electron chi connectivity index (χ0n) is 13.9. The Morgan fingerprint density at radius 1 is 1.33 bits per heavy atom. The predicted octanol–water partition coefficient (Wildman–Crippen LogP) is 2.13. The average Bonchev–Trinajstić information content (AvgIpc) is 2.55. The summed E-state index contributed by atoms with van der Waals surface area (Å²) in [5, 5.41) is 3.30. The molecular weight excluding hydrogens is 328 g/mol. The molecule has 0 spiro atoms. The van der Waals surface area contributed by atoms with Gasteiger partial charge in [-0.2, -0.15) is 0 Å². The first-order chi connectivity index (χ1) is 11.6. The van der Waals surface area contributed by atoms with Gasteiger partial charge in [0.1, 0.15) is 0 Å². The van der Waals surface area contributed by atoms with Crippen LogP contribution in [-0.4, -0.2) is 49.6 Å². The fourth-order valence-electron chi connectivity index (χ4n) is 3.61. The minimum absolute atomic E-state index is 0.0718. The van der Waals surface area contributed by atoms with Crippen molar-refractivity contribution in [2.24, 2.45) is 0 Å². The molecule has 24 heavy (non-hydrogen) atoms. The van der Waals surface area contributed by atoms with Crippen LogP contribution in [0.1, 0.15) is 31.2 Å². The first kappa shape index (κ1) is 17.2. The van der Waals surface area contributed by atoms with E-state index in [0.717, 1.165) is 24.8 Å². The van der Waals surface area contributed by atoms with Crippen molar-refractivity contribution in [1.82, 2.24) is 10.2 Å². The number of halogens is 1. The highest BCUT2D eigenvalue weighted by Gasteiger charge is 2.49. The van der Waals surface area contributed by atoms with E-state index in [1.807, 2.05) is 29.2 Å². The van der Waals surface area contributed by atoms with Crippen LogP contribution < -0.4 is 5.32 Å². The van der Waals surface area contributed by atoms with Crippen molar-refractivity contribution < 1.29 is 14.3 Å². The molecule has 1 aromatic rings. The van der Waals surface area contributed by atoms with Crippen LogP contribution in [0.2, 0.25) is 5.02 Å². The highest BCUT2D eigenvalue weighted by Crippen LogP contribution is 2.46. The van der Waals surface area contributed by atoms with Crippen LogP contribution in [0.4, 0.5) is 0 Å². The summed E-state index contributed by atoms with van der Waals surface area (Å²) in [4.78, 5) is 27.0. The van der Waals surface area contributed by atoms with Crippen molar-refractivity contribution in [2.45, 2.75) is 37.1 Å². The number of morpholine rings is 1. The standard InChI is InChI=1S/C18H23ClN2O3/c1-20-16(22)11-15-12-24-10-9-21(15)17(23)18(7-2-8-18)13-3-5-14(19)6-4-13/h3-6,15H,2,7-12H2,1H3,(H,20,22)/t15-/m0/s1. The summed E-state index contributed by atoms with van der Waals surface area (Å²) < 4.78 is 5.50. The Morgan fingerprint density at radius 3 is 2.62 bits per heavy atom. The average molecular weight is 351 g/mol. The molecule has 2 aliphatic rings. The number of carbonyl (C=O) groups is 2. The molecular formula is C18H23ClN2O3. The molecule has 0 aromatic heterocycles. The van der Waals surface area contributed by atoms with E-state index in [1.165, 1.54) is 0 Å². The molecule has 0 radical (unpaired) electrons. The lowest BCUT2D eigenvalue weighted by molar-refractivity contribution is -0.150. The van der Waals surface area contributed by atoms with Crippen molar-refractivity contribution in [3.8, 4) is 0 Å². The van der Waals surface area contributed by atoms with E-state index in [9.17, 15) is 9.59 Å². The van der Waals surface area contributed by atoms with Crippen molar-refractivity contribution >= 4 is 23.4 Å². The molecule has 5 nitrogen and oxygen atoms in total. The molecule has 1 saturated heterocycles. The van der Waals surface area contributed by atoms with E-state index in [2.05, 4.69) is 5.32 Å². The Hall–Kier alpha value is -1.59. The Kier molecular flexibility index (Phi) is 5.11. The maximum Gasteiger partial charge on any atom is 0.233 e. The third-order valence-electron chi connectivity index (χ3n) is 5.20. The second-order valence-electron chi connectivity index (χ2n) is 6.55. The molecule has 6 heteroatoms. The number of ether oxygens (including phenoxy) is 1. The SMILES string of the molecule is CNC(=O)C[C@H]1COCCN1C(=O)C1(c2ccc(Cl)cc2)CCC1. The zero-order chi connectivity index (χ0) is 17.2. The maximum atomic E-state index is 13.4. The van der Waals surface area contributed by atoms with Gasteiger partial charge >= 0.3 is 0 Å². The number of amides is 2. The first-order valence-corrected chi connectivity index (χ1v) is 8.80. The Labute approximate surface area is 147 Å². The molecule has 130 valence electrons. The van der Waals surface area contributed by atoms with Crippen LogP contribution in [0.25, 0.3) is 0 Å². The predicted molar refractivity (Wildman–Crippen MR) is 92.0 cm³/mol. The van der Waals surface area contributed by atoms with Crippen LogP contribution in [0.5, 0.6) is 0 Å². The first-order valence-electron chi connectivity index (χ1n) is 8.42. The molecule has 1 aromatic carbocycles. The van der Waals surface area contributed by atoms with Gasteiger partial charge in [0.15, 0.2) is 0 Å². The van der Waals surface area contributed by atoms with Gasteiger partial charge in [0.2, 0.25) is 11.8 Å². The molecule has 3 rings (SSSR count). The van der Waals surface area contributed by atoms with E-state index in [1.54, 1.807) is 7.05 Å². The number of nitrogens with zero attached hydrogens (tertiary/aromatic N) is 1. The fraction of sp³-hybridized carbons (Fsp3) is 0.556. The molecule has 1 aliphatic heterocycles. The minimum atomic E-state index is -0.469. The summed E-state index contributed by atoms with van der Waals surface area (Å²) >= 11 is 5.99. The Balaban J connectivity index is 1.84. The third kappa shape index (κ3) is 3.15. The molecule has 1 saturated carbocycles. The van der Waals surface area contributed by atoms with E-state index in [4.69, 9.17) is 16.3 Å². The van der Waals surface area contributed by atoms with Crippen molar-refractivity contribution in [1.29, 1.82) is 0 Å². The molecule has 1 atom stereocenters. The highest BCUT2D eigenvalue weighted by molar-refractivity contribution is 6.30. The number of rotatable bonds is 4. The lowest BCUT2D eigenvalue weighted by Gasteiger charge is -2.47. The van der Waals surface area contributed by atoms with Crippen molar-refractivity contribution in [3.63, 3.8) is 0 Å². The normalized spacial score (nSPS) is 22.6. The topological polar surface area (TPSA) is 58.6 Å². The lowest BCUT2D eigenvalue weighted by Crippen LogP contribution is -2.58. The second-order valence-corrected chi connectivity index (χ2v) is 6.98. The molecule has 1 heterocycles. The van der Waals surface area contributed by atoms with Gasteiger partial charge in [-0.05, 0) is 30.5 Å². The molecule has 1 N–H and O–H groups in total. The number of hydrogen-bond donors (Lipinski definition) is 1. The van der Waals surface area contributed by atoms with E-state index >= 15 is 0 Å². The van der Waals surface area contributed by atoms with Crippen LogP contribution in [0, 0.1) is 0 Å². The van der Waals surface area contributed by atoms with Gasteiger partial charge in [0, 0.05) is 25.0 Å². The number of benzene rings is 1. The maximum absolute atomic E-state index is 13.4. The quantitative estimate of drug-likeness (QED) is 0.905. The van der Waals surface area contributed by atoms with Gasteiger partial charge in [0.25, 0.3) is 0 Å². The largest absolute Gasteiger partial charge is 0.377 e. The van der Waals surface area contributed by atoms with E-state index < -0.39 is 5.41 Å². The molecule has 1 aliphatic carbocycles. The summed E-state index contributed by atoms with van der Waals surface area (Å²) in [6.45, 7) is 1.47. The molecule has 2 fully saturated rings. The summed E-state index contributed by atoms with van der Waals surface area (Å²) in [6, 6.07) is 7.38. The van der Waals surface area contributed by atoms with Gasteiger partial charge in [-0.25, -0.2) is 0 Å². The number of carbonyl (C=O) groups excluding carboxylic acids is 2. The lowest BCUT2D eigenvalue weighted by atomic mass is 9.63. The highest BCUT2D eigenvalue weighted by atomic mass is 35.5. The third-order valence-corrected chi connectivity index (χ3v) is 5.45. The Bertz CT molecular complexity index is 613. The summed E-state index contributed by atoms with van der Waals surface area (Å²) in [5.74, 6) is 0.0470. The summed E-state index contributed by atoms with van der Waals surface area (Å²) in [6.07, 6.45) is 3.01. The number of nitrogens with one attached hydrogen (secondary N) is 1. The molecule has 0 unspecified atom stereocenters. The van der Waals surface area contributed by atoms with Gasteiger partial charge in [-0.15, -0.1) is 0 Å². The second kappa shape index (κ2) is 7.11. The van der Waals surface area contributed by atoms with E-state index in [-0.39, 0.29) is 24.3 Å². The summed E-state index contributed by atoms with van der Waals surface area (Å²) in [7, 11) is 1.61.